The molecule has 0 bridgehead atoms. The molecule has 0 N–H and O–H groups in total. The van der Waals surface area contributed by atoms with Crippen molar-refractivity contribution in [2.24, 2.45) is 0 Å². The second kappa shape index (κ2) is 6.61. The van der Waals surface area contributed by atoms with Gasteiger partial charge in [0.1, 0.15) is 11.2 Å². The third-order valence-electron chi connectivity index (χ3n) is 5.08. The summed E-state index contributed by atoms with van der Waals surface area (Å²) in [5.41, 5.74) is 3.82. The van der Waals surface area contributed by atoms with Crippen LogP contribution in [0.15, 0.2) is 83.5 Å². The van der Waals surface area contributed by atoms with Gasteiger partial charge in [-0.25, -0.2) is 0 Å². The topological polar surface area (TPSA) is 38.9 Å². The van der Waals surface area contributed by atoms with Gasteiger partial charge in [-0.15, -0.1) is 0 Å². The first-order chi connectivity index (χ1) is 15.3. The number of rotatable bonds is 3. The second-order valence-electron chi connectivity index (χ2n) is 6.74. The van der Waals surface area contributed by atoms with Gasteiger partial charge in [0.25, 0.3) is 0 Å². The van der Waals surface area contributed by atoms with Crippen molar-refractivity contribution >= 4 is 21.9 Å². The number of hydrogen-bond acceptors (Lipinski definition) is 3. The number of aryl methyl sites for hydroxylation is 1. The Kier molecular flexibility index (Phi) is 3.03. The fourth-order valence-electron chi connectivity index (χ4n) is 3.57. The fraction of sp³-hybridized carbons (Fsp3) is 0.120. The average molecular weight is 368 g/mol. The number of hydrogen-bond donors (Lipinski definition) is 0. The van der Waals surface area contributed by atoms with Gasteiger partial charge in [0.2, 0.25) is 0 Å². The summed E-state index contributed by atoms with van der Waals surface area (Å²) in [4.78, 5) is 8.82. The maximum absolute atomic E-state index is 8.99. The van der Waals surface area contributed by atoms with E-state index in [2.05, 4.69) is 9.97 Å². The van der Waals surface area contributed by atoms with Crippen LogP contribution in [0.4, 0.5) is 0 Å². The highest BCUT2D eigenvalue weighted by atomic mass is 16.3. The van der Waals surface area contributed by atoms with Gasteiger partial charge in [0.05, 0.1) is 16.6 Å². The maximum Gasteiger partial charge on any atom is 0.148 e. The zero-order chi connectivity index (χ0) is 22.5. The highest BCUT2D eigenvalue weighted by Crippen LogP contribution is 2.36. The van der Waals surface area contributed by atoms with E-state index in [0.717, 1.165) is 11.1 Å². The smallest absolute Gasteiger partial charge is 0.148 e. The molecule has 2 aromatic carbocycles. The Hall–Kier alpha value is -3.46. The van der Waals surface area contributed by atoms with Crippen molar-refractivity contribution in [2.45, 2.75) is 19.7 Å². The zero-order valence-electron chi connectivity index (χ0n) is 19.3. The lowest BCUT2D eigenvalue weighted by Gasteiger charge is -2.13. The molecule has 3 heterocycles. The molecule has 28 heavy (non-hydrogen) atoms. The monoisotopic (exact) mass is 368 g/mol. The standard InChI is InChI=1S/C25H20N2O/c1-16(18-8-4-3-5-9-18)19-12-13-26-22(14-19)21-15-27-17(2)24-20-10-6-7-11-23(20)28-25(21)24/h3-16H,1-2H3/i2D3,16D. The van der Waals surface area contributed by atoms with Crippen molar-refractivity contribution in [2.75, 3.05) is 0 Å². The van der Waals surface area contributed by atoms with Crippen LogP contribution in [0, 0.1) is 6.85 Å². The summed E-state index contributed by atoms with van der Waals surface area (Å²) in [5, 5.41) is 1.18. The second-order valence-corrected chi connectivity index (χ2v) is 6.74. The lowest BCUT2D eigenvalue weighted by Crippen LogP contribution is -1.97. The molecule has 0 aliphatic carbocycles. The maximum atomic E-state index is 8.99. The Morgan fingerprint density at radius 3 is 2.64 bits per heavy atom. The van der Waals surface area contributed by atoms with Gasteiger partial charge >= 0.3 is 0 Å². The van der Waals surface area contributed by atoms with Crippen LogP contribution < -0.4 is 0 Å². The summed E-state index contributed by atoms with van der Waals surface area (Å²) >= 11 is 0. The van der Waals surface area contributed by atoms with Crippen LogP contribution in [0.1, 0.15) is 35.1 Å². The van der Waals surface area contributed by atoms with E-state index in [0.29, 0.717) is 33.2 Å². The molecule has 1 unspecified atom stereocenters. The van der Waals surface area contributed by atoms with Crippen molar-refractivity contribution in [1.82, 2.24) is 9.97 Å². The molecule has 1 atom stereocenters. The number of nitrogens with zero attached hydrogens (tertiary/aromatic N) is 2. The summed E-state index contributed by atoms with van der Waals surface area (Å²) in [6.07, 6.45) is 3.16. The van der Waals surface area contributed by atoms with Gasteiger partial charge in [-0.3, -0.25) is 9.97 Å². The average Bonchev–Trinajstić information content (AvgIpc) is 3.18. The zero-order valence-corrected chi connectivity index (χ0v) is 15.3. The molecular formula is C25H20N2O. The molecule has 5 rings (SSSR count). The van der Waals surface area contributed by atoms with Gasteiger partial charge in [-0.05, 0) is 36.2 Å². The van der Waals surface area contributed by atoms with Crippen LogP contribution in [-0.2, 0) is 0 Å². The quantitative estimate of drug-likeness (QED) is 0.365. The van der Waals surface area contributed by atoms with E-state index in [9.17, 15) is 0 Å². The Morgan fingerprint density at radius 2 is 1.79 bits per heavy atom. The Labute approximate surface area is 169 Å². The molecule has 0 saturated heterocycles. The molecule has 0 aliphatic heterocycles. The summed E-state index contributed by atoms with van der Waals surface area (Å²) in [5.74, 6) is -0.988. The van der Waals surface area contributed by atoms with E-state index in [1.165, 1.54) is 6.20 Å². The van der Waals surface area contributed by atoms with Gasteiger partial charge in [0, 0.05) is 34.9 Å². The molecule has 0 radical (unpaired) electrons. The third-order valence-corrected chi connectivity index (χ3v) is 5.08. The van der Waals surface area contributed by atoms with Crippen molar-refractivity contribution in [3.8, 4) is 11.3 Å². The number of fused-ring (bicyclic) bond motifs is 3. The van der Waals surface area contributed by atoms with Crippen LogP contribution >= 0.6 is 0 Å². The molecule has 0 saturated carbocycles. The summed E-state index contributed by atoms with van der Waals surface area (Å²) < 4.78 is 38.9. The first kappa shape index (κ1) is 12.8. The Bertz CT molecular complexity index is 1440. The van der Waals surface area contributed by atoms with Gasteiger partial charge < -0.3 is 4.42 Å². The van der Waals surface area contributed by atoms with Crippen molar-refractivity contribution < 1.29 is 9.90 Å². The van der Waals surface area contributed by atoms with Gasteiger partial charge in [-0.1, -0.05) is 55.5 Å². The lowest BCUT2D eigenvalue weighted by atomic mass is 9.93. The van der Waals surface area contributed by atoms with Gasteiger partial charge in [-0.2, -0.15) is 0 Å². The first-order valence-electron chi connectivity index (χ1n) is 11.1. The number of para-hydroxylation sites is 1. The largest absolute Gasteiger partial charge is 0.455 e. The molecule has 3 heteroatoms. The fourth-order valence-corrected chi connectivity index (χ4v) is 3.57. The van der Waals surface area contributed by atoms with Crippen LogP contribution in [0.3, 0.4) is 0 Å². The number of aromatic nitrogens is 2. The molecule has 5 aromatic rings. The van der Waals surface area contributed by atoms with E-state index in [1.54, 1.807) is 6.20 Å². The van der Waals surface area contributed by atoms with E-state index in [1.807, 2.05) is 73.7 Å². The predicted octanol–water partition coefficient (Wildman–Crippen LogP) is 6.50. The summed E-state index contributed by atoms with van der Waals surface area (Å²) in [6, 6.07) is 20.6. The molecular weight excluding hydrogens is 344 g/mol. The van der Waals surface area contributed by atoms with Crippen molar-refractivity contribution in [3.05, 3.63) is 95.9 Å². The Balaban J connectivity index is 1.74. The normalized spacial score (nSPS) is 16.2. The van der Waals surface area contributed by atoms with E-state index in [4.69, 9.17) is 9.90 Å². The summed E-state index contributed by atoms with van der Waals surface area (Å²) in [7, 11) is 0. The van der Waals surface area contributed by atoms with Gasteiger partial charge in [0.15, 0.2) is 0 Å². The molecule has 3 nitrogen and oxygen atoms in total. The number of pyridine rings is 2. The minimum absolute atomic E-state index is 0.00645. The van der Waals surface area contributed by atoms with Crippen LogP contribution in [0.25, 0.3) is 33.2 Å². The predicted molar refractivity (Wildman–Crippen MR) is 113 cm³/mol. The minimum atomic E-state index is -2.38. The SMILES string of the molecule is [2H]C([2H])([2H])c1ncc(-c2cc(C([2H])(C)c3ccccc3)ccn2)c2oc3ccccc3c12. The lowest BCUT2D eigenvalue weighted by molar-refractivity contribution is 0.669. The van der Waals surface area contributed by atoms with Crippen LogP contribution in [-0.4, -0.2) is 9.97 Å². The highest BCUT2D eigenvalue weighted by molar-refractivity contribution is 6.10. The number of furan rings is 1. The molecule has 0 fully saturated rings. The number of benzene rings is 2. The third kappa shape index (κ3) is 2.67. The molecule has 3 aromatic heterocycles. The first-order valence-corrected chi connectivity index (χ1v) is 9.10. The van der Waals surface area contributed by atoms with E-state index < -0.39 is 12.7 Å². The van der Waals surface area contributed by atoms with Crippen molar-refractivity contribution in [3.63, 3.8) is 0 Å². The minimum Gasteiger partial charge on any atom is -0.455 e. The molecule has 0 aliphatic rings. The Morgan fingerprint density at radius 1 is 0.964 bits per heavy atom. The molecule has 136 valence electrons. The van der Waals surface area contributed by atoms with Crippen LogP contribution in [0.5, 0.6) is 0 Å². The van der Waals surface area contributed by atoms with Crippen LogP contribution in [0.2, 0.25) is 0 Å². The van der Waals surface area contributed by atoms with Crippen molar-refractivity contribution in [1.29, 1.82) is 0 Å². The molecule has 0 amide bonds. The molecule has 0 spiro atoms. The highest BCUT2D eigenvalue weighted by Gasteiger charge is 2.17. The van der Waals surface area contributed by atoms with E-state index >= 15 is 0 Å². The van der Waals surface area contributed by atoms with E-state index in [-0.39, 0.29) is 5.69 Å². The summed E-state index contributed by atoms with van der Waals surface area (Å²) in [6.45, 7) is -0.542.